The molecule has 0 saturated carbocycles. The van der Waals surface area contributed by atoms with Crippen LogP contribution < -0.4 is 0 Å². The minimum absolute atomic E-state index is 0.449. The fraction of sp³-hybridized carbons (Fsp3) is 0.333. The van der Waals surface area contributed by atoms with E-state index in [9.17, 15) is 0 Å². The van der Waals surface area contributed by atoms with Gasteiger partial charge < -0.3 is 4.57 Å². The normalized spacial score (nSPS) is 17.7. The highest BCUT2D eigenvalue weighted by atomic mass is 32.1. The van der Waals surface area contributed by atoms with Crippen LogP contribution in [-0.2, 0) is 13.2 Å². The quantitative estimate of drug-likeness (QED) is 0.603. The number of rotatable bonds is 5. The first-order valence-corrected chi connectivity index (χ1v) is 9.71. The van der Waals surface area contributed by atoms with Gasteiger partial charge in [-0.25, -0.2) is 4.68 Å². The molecule has 1 aromatic heterocycles. The predicted molar refractivity (Wildman–Crippen MR) is 107 cm³/mol. The van der Waals surface area contributed by atoms with Crippen molar-refractivity contribution in [1.29, 1.82) is 0 Å². The predicted octanol–water partition coefficient (Wildman–Crippen LogP) is 4.90. The standard InChI is InChI=1S/C21H24N4S/c1-2-24-20(18-12-7-4-8-13-18)22-25(21(24)26)16-23-15-9-14-19(23)17-10-5-3-6-11-17/h3-8,10-13,19H,2,9,14-16H2,1H3/t19-/m1/s1. The topological polar surface area (TPSA) is 26.0 Å². The Bertz CT molecular complexity index is 914. The zero-order chi connectivity index (χ0) is 17.9. The van der Waals surface area contributed by atoms with Crippen molar-refractivity contribution >= 4 is 12.2 Å². The van der Waals surface area contributed by atoms with Crippen molar-refractivity contribution in [3.05, 3.63) is 71.0 Å². The van der Waals surface area contributed by atoms with Gasteiger partial charge in [0.15, 0.2) is 10.6 Å². The van der Waals surface area contributed by atoms with Gasteiger partial charge in [-0.2, -0.15) is 5.10 Å². The summed E-state index contributed by atoms with van der Waals surface area (Å²) in [5.74, 6) is 0.952. The summed E-state index contributed by atoms with van der Waals surface area (Å²) >= 11 is 5.74. The Morgan fingerprint density at radius 1 is 1.04 bits per heavy atom. The molecule has 4 nitrogen and oxygen atoms in total. The maximum Gasteiger partial charge on any atom is 0.199 e. The second kappa shape index (κ2) is 7.56. The fourth-order valence-electron chi connectivity index (χ4n) is 3.84. The molecule has 0 aliphatic carbocycles. The van der Waals surface area contributed by atoms with Crippen molar-refractivity contribution in [3.63, 3.8) is 0 Å². The SMILES string of the molecule is CCn1c(-c2ccccc2)nn(CN2CCC[C@@H]2c2ccccc2)c1=S. The number of nitrogens with zero attached hydrogens (tertiary/aromatic N) is 4. The molecule has 5 heteroatoms. The Balaban J connectivity index is 1.64. The molecule has 0 spiro atoms. The van der Waals surface area contributed by atoms with E-state index in [1.165, 1.54) is 18.4 Å². The number of aromatic nitrogens is 3. The molecule has 3 aromatic rings. The van der Waals surface area contributed by atoms with E-state index in [0.29, 0.717) is 6.04 Å². The van der Waals surface area contributed by atoms with Crippen molar-refractivity contribution in [2.45, 2.75) is 39.0 Å². The van der Waals surface area contributed by atoms with Crippen LogP contribution in [0.1, 0.15) is 31.4 Å². The van der Waals surface area contributed by atoms with E-state index in [1.807, 2.05) is 22.9 Å². The van der Waals surface area contributed by atoms with E-state index < -0.39 is 0 Å². The Labute approximate surface area is 159 Å². The zero-order valence-corrected chi connectivity index (χ0v) is 15.9. The van der Waals surface area contributed by atoms with Gasteiger partial charge in [0.2, 0.25) is 0 Å². The van der Waals surface area contributed by atoms with E-state index in [4.69, 9.17) is 17.3 Å². The molecule has 2 aromatic carbocycles. The maximum absolute atomic E-state index is 5.74. The summed E-state index contributed by atoms with van der Waals surface area (Å²) in [5, 5.41) is 4.88. The van der Waals surface area contributed by atoms with E-state index in [-0.39, 0.29) is 0 Å². The highest BCUT2D eigenvalue weighted by Crippen LogP contribution is 2.32. The van der Waals surface area contributed by atoms with E-state index in [0.717, 1.165) is 35.9 Å². The van der Waals surface area contributed by atoms with Crippen LogP contribution in [-0.4, -0.2) is 25.8 Å². The van der Waals surface area contributed by atoms with Crippen molar-refractivity contribution in [1.82, 2.24) is 19.2 Å². The Hall–Kier alpha value is -2.24. The molecule has 4 rings (SSSR count). The smallest absolute Gasteiger partial charge is 0.199 e. The van der Waals surface area contributed by atoms with Crippen LogP contribution >= 0.6 is 12.2 Å². The number of hydrogen-bond donors (Lipinski definition) is 0. The van der Waals surface area contributed by atoms with Gasteiger partial charge in [0, 0.05) is 24.7 Å². The van der Waals surface area contributed by atoms with Crippen LogP contribution in [0.25, 0.3) is 11.4 Å². The van der Waals surface area contributed by atoms with Gasteiger partial charge in [0.05, 0.1) is 6.67 Å². The second-order valence-corrected chi connectivity index (χ2v) is 7.10. The van der Waals surface area contributed by atoms with Gasteiger partial charge >= 0.3 is 0 Å². The maximum atomic E-state index is 5.74. The van der Waals surface area contributed by atoms with Gasteiger partial charge in [-0.05, 0) is 37.5 Å². The average Bonchev–Trinajstić information content (AvgIpc) is 3.28. The van der Waals surface area contributed by atoms with Crippen LogP contribution in [0.2, 0.25) is 0 Å². The van der Waals surface area contributed by atoms with Crippen molar-refractivity contribution in [3.8, 4) is 11.4 Å². The Morgan fingerprint density at radius 2 is 1.73 bits per heavy atom. The lowest BCUT2D eigenvalue weighted by Crippen LogP contribution is -2.27. The molecule has 0 unspecified atom stereocenters. The van der Waals surface area contributed by atoms with E-state index in [1.54, 1.807) is 0 Å². The van der Waals surface area contributed by atoms with Crippen molar-refractivity contribution in [2.75, 3.05) is 6.54 Å². The summed E-state index contributed by atoms with van der Waals surface area (Å²) < 4.78 is 4.91. The number of benzene rings is 2. The van der Waals surface area contributed by atoms with Crippen molar-refractivity contribution < 1.29 is 0 Å². The fourth-order valence-corrected chi connectivity index (χ4v) is 4.15. The van der Waals surface area contributed by atoms with Crippen LogP contribution in [0.15, 0.2) is 60.7 Å². The summed E-state index contributed by atoms with van der Waals surface area (Å²) in [6.07, 6.45) is 2.41. The molecule has 134 valence electrons. The first-order valence-electron chi connectivity index (χ1n) is 9.30. The Kier molecular flexibility index (Phi) is 5.00. The van der Waals surface area contributed by atoms with Crippen LogP contribution in [0.5, 0.6) is 0 Å². The minimum Gasteiger partial charge on any atom is -0.300 e. The van der Waals surface area contributed by atoms with E-state index >= 15 is 0 Å². The molecule has 1 fully saturated rings. The number of likely N-dealkylation sites (tertiary alicyclic amines) is 1. The number of hydrogen-bond acceptors (Lipinski definition) is 3. The molecule has 0 amide bonds. The molecule has 1 saturated heterocycles. The van der Waals surface area contributed by atoms with Crippen LogP contribution in [0.3, 0.4) is 0 Å². The first-order chi connectivity index (χ1) is 12.8. The third-order valence-electron chi connectivity index (χ3n) is 5.13. The molecule has 26 heavy (non-hydrogen) atoms. The highest BCUT2D eigenvalue weighted by molar-refractivity contribution is 7.71. The lowest BCUT2D eigenvalue weighted by molar-refractivity contribution is 0.190. The molecule has 1 aliphatic heterocycles. The van der Waals surface area contributed by atoms with Gasteiger partial charge in [-0.1, -0.05) is 60.7 Å². The van der Waals surface area contributed by atoms with Gasteiger partial charge in [0.25, 0.3) is 0 Å². The third kappa shape index (κ3) is 3.24. The Morgan fingerprint density at radius 3 is 2.42 bits per heavy atom. The van der Waals surface area contributed by atoms with Gasteiger partial charge in [-0.3, -0.25) is 4.90 Å². The monoisotopic (exact) mass is 364 g/mol. The molecular formula is C21H24N4S. The summed E-state index contributed by atoms with van der Waals surface area (Å²) in [6.45, 7) is 4.77. The summed E-state index contributed by atoms with van der Waals surface area (Å²) in [6, 6.07) is 21.5. The second-order valence-electron chi connectivity index (χ2n) is 6.74. The molecular weight excluding hydrogens is 340 g/mol. The zero-order valence-electron chi connectivity index (χ0n) is 15.1. The van der Waals surface area contributed by atoms with Crippen molar-refractivity contribution in [2.24, 2.45) is 0 Å². The van der Waals surface area contributed by atoms with Crippen LogP contribution in [0.4, 0.5) is 0 Å². The molecule has 0 bridgehead atoms. The van der Waals surface area contributed by atoms with Crippen LogP contribution in [0, 0.1) is 4.77 Å². The molecule has 0 radical (unpaired) electrons. The largest absolute Gasteiger partial charge is 0.300 e. The minimum atomic E-state index is 0.449. The molecule has 0 N–H and O–H groups in total. The molecule has 2 heterocycles. The summed E-state index contributed by atoms with van der Waals surface area (Å²) in [4.78, 5) is 2.49. The summed E-state index contributed by atoms with van der Waals surface area (Å²) in [7, 11) is 0. The first kappa shape index (κ1) is 17.2. The average molecular weight is 365 g/mol. The summed E-state index contributed by atoms with van der Waals surface area (Å²) in [5.41, 5.74) is 2.50. The lowest BCUT2D eigenvalue weighted by atomic mass is 10.1. The van der Waals surface area contributed by atoms with E-state index in [2.05, 4.69) is 58.9 Å². The molecule has 1 aliphatic rings. The van der Waals surface area contributed by atoms with Gasteiger partial charge in [0.1, 0.15) is 0 Å². The highest BCUT2D eigenvalue weighted by Gasteiger charge is 2.27. The third-order valence-corrected chi connectivity index (χ3v) is 5.57. The lowest BCUT2D eigenvalue weighted by Gasteiger charge is -2.24. The molecule has 1 atom stereocenters. The van der Waals surface area contributed by atoms with Gasteiger partial charge in [-0.15, -0.1) is 0 Å².